The molecule has 1 aromatic heterocycles. The number of rotatable bonds is 5. The molecule has 0 radical (unpaired) electrons. The van der Waals surface area contributed by atoms with E-state index in [1.54, 1.807) is 31.2 Å². The summed E-state index contributed by atoms with van der Waals surface area (Å²) < 4.78 is 38.5. The molecule has 0 bridgehead atoms. The van der Waals surface area contributed by atoms with Crippen molar-refractivity contribution in [2.75, 3.05) is 17.2 Å². The number of alkyl halides is 3. The summed E-state index contributed by atoms with van der Waals surface area (Å²) in [5, 5.41) is 15.2. The zero-order valence-electron chi connectivity index (χ0n) is 15.0. The fourth-order valence-electron chi connectivity index (χ4n) is 2.71. The van der Waals surface area contributed by atoms with E-state index in [1.807, 2.05) is 0 Å². The van der Waals surface area contributed by atoms with Gasteiger partial charge in [0.2, 0.25) is 0 Å². The van der Waals surface area contributed by atoms with E-state index in [9.17, 15) is 18.0 Å². The summed E-state index contributed by atoms with van der Waals surface area (Å²) in [7, 11) is 0. The van der Waals surface area contributed by atoms with Crippen LogP contribution in [0.1, 0.15) is 21.6 Å². The summed E-state index contributed by atoms with van der Waals surface area (Å²) in [5.74, 6) is -0.0282. The Morgan fingerprint density at radius 1 is 1.14 bits per heavy atom. The zero-order chi connectivity index (χ0) is 20.3. The maximum atomic E-state index is 12.8. The molecule has 0 saturated carbocycles. The van der Waals surface area contributed by atoms with Gasteiger partial charge in [-0.1, -0.05) is 18.2 Å². The molecule has 0 spiro atoms. The number of aromatic nitrogens is 2. The smallest absolute Gasteiger partial charge is 0.365 e. The van der Waals surface area contributed by atoms with Crippen LogP contribution < -0.4 is 10.6 Å². The van der Waals surface area contributed by atoms with Gasteiger partial charge in [0.25, 0.3) is 5.91 Å². The first-order valence-electron chi connectivity index (χ1n) is 8.40. The number of fused-ring (bicyclic) bond motifs is 1. The quantitative estimate of drug-likeness (QED) is 0.618. The topological polar surface area (TPSA) is 66.9 Å². The first kappa shape index (κ1) is 19.3. The molecule has 0 atom stereocenters. The maximum Gasteiger partial charge on any atom is 0.416 e. The van der Waals surface area contributed by atoms with Crippen LogP contribution in [0.3, 0.4) is 0 Å². The molecule has 3 aromatic rings. The first-order valence-corrected chi connectivity index (χ1v) is 8.40. The number of halogens is 3. The molecule has 0 saturated heterocycles. The van der Waals surface area contributed by atoms with Crippen LogP contribution in [0.5, 0.6) is 0 Å². The molecule has 8 heteroatoms. The van der Waals surface area contributed by atoms with E-state index in [0.717, 1.165) is 17.5 Å². The summed E-state index contributed by atoms with van der Waals surface area (Å²) in [6, 6.07) is 9.45. The van der Waals surface area contributed by atoms with Gasteiger partial charge in [-0.05, 0) is 37.3 Å². The van der Waals surface area contributed by atoms with Gasteiger partial charge in [-0.3, -0.25) is 4.79 Å². The van der Waals surface area contributed by atoms with Crippen molar-refractivity contribution in [3.8, 4) is 0 Å². The van der Waals surface area contributed by atoms with Crippen molar-refractivity contribution in [2.24, 2.45) is 0 Å². The van der Waals surface area contributed by atoms with E-state index in [-0.39, 0.29) is 5.69 Å². The molecule has 2 N–H and O–H groups in total. The van der Waals surface area contributed by atoms with Crippen LogP contribution in [-0.4, -0.2) is 22.6 Å². The minimum Gasteiger partial charge on any atom is -0.365 e. The van der Waals surface area contributed by atoms with Crippen molar-refractivity contribution in [3.05, 3.63) is 71.9 Å². The molecular formula is C20H17F3N4O. The Morgan fingerprint density at radius 2 is 1.93 bits per heavy atom. The predicted molar refractivity (Wildman–Crippen MR) is 102 cm³/mol. The fourth-order valence-corrected chi connectivity index (χ4v) is 2.71. The van der Waals surface area contributed by atoms with Crippen LogP contribution in [0.2, 0.25) is 0 Å². The molecule has 0 unspecified atom stereocenters. The van der Waals surface area contributed by atoms with Crippen molar-refractivity contribution in [3.63, 3.8) is 0 Å². The van der Waals surface area contributed by atoms with Gasteiger partial charge in [0.15, 0.2) is 5.82 Å². The lowest BCUT2D eigenvalue weighted by Gasteiger charge is -2.12. The predicted octanol–water partition coefficient (Wildman–Crippen LogP) is 4.81. The van der Waals surface area contributed by atoms with E-state index in [0.29, 0.717) is 29.0 Å². The Labute approximate surface area is 159 Å². The Morgan fingerprint density at radius 3 is 2.64 bits per heavy atom. The average Bonchev–Trinajstić information content (AvgIpc) is 2.67. The Kier molecular flexibility index (Phi) is 5.30. The minimum absolute atomic E-state index is 0.0639. The second-order valence-corrected chi connectivity index (χ2v) is 6.10. The zero-order valence-corrected chi connectivity index (χ0v) is 15.0. The lowest BCUT2D eigenvalue weighted by Crippen LogP contribution is -2.13. The van der Waals surface area contributed by atoms with Gasteiger partial charge in [-0.25, -0.2) is 0 Å². The number of anilines is 2. The first-order chi connectivity index (χ1) is 13.3. The molecule has 0 fully saturated rings. The van der Waals surface area contributed by atoms with Gasteiger partial charge in [-0.2, -0.15) is 18.3 Å². The third-order valence-electron chi connectivity index (χ3n) is 4.09. The van der Waals surface area contributed by atoms with Crippen molar-refractivity contribution >= 4 is 28.2 Å². The standard InChI is InChI=1S/C20H17F3N4O/c1-3-9-24-18-17-10-13(7-8-16(17)12(2)26-27-18)19(28)25-15-6-4-5-14(11-15)20(21,22)23/h3-8,10-11H,1,9H2,2H3,(H,24,27)(H,25,28). The molecule has 3 rings (SSSR count). The fraction of sp³-hybridized carbons (Fsp3) is 0.150. The van der Waals surface area contributed by atoms with Crippen LogP contribution >= 0.6 is 0 Å². The highest BCUT2D eigenvalue weighted by molar-refractivity contribution is 6.07. The van der Waals surface area contributed by atoms with E-state index < -0.39 is 17.6 Å². The largest absolute Gasteiger partial charge is 0.416 e. The molecule has 1 heterocycles. The van der Waals surface area contributed by atoms with Gasteiger partial charge >= 0.3 is 6.18 Å². The minimum atomic E-state index is -4.48. The van der Waals surface area contributed by atoms with Crippen LogP contribution in [-0.2, 0) is 6.18 Å². The Balaban J connectivity index is 1.93. The molecule has 5 nitrogen and oxygen atoms in total. The molecule has 0 aliphatic carbocycles. The number of carbonyl (C=O) groups is 1. The van der Waals surface area contributed by atoms with Crippen LogP contribution in [0, 0.1) is 6.92 Å². The Hall–Kier alpha value is -3.42. The summed E-state index contributed by atoms with van der Waals surface area (Å²) >= 11 is 0. The van der Waals surface area contributed by atoms with E-state index >= 15 is 0 Å². The number of carbonyl (C=O) groups excluding carboxylic acids is 1. The number of nitrogens with one attached hydrogen (secondary N) is 2. The Bertz CT molecular complexity index is 1050. The number of aryl methyl sites for hydroxylation is 1. The molecule has 2 aromatic carbocycles. The number of amides is 1. The van der Waals surface area contributed by atoms with Gasteiger partial charge in [0.1, 0.15) is 0 Å². The van der Waals surface area contributed by atoms with Gasteiger partial charge in [-0.15, -0.1) is 11.7 Å². The highest BCUT2D eigenvalue weighted by atomic mass is 19.4. The summed E-state index contributed by atoms with van der Waals surface area (Å²) in [6.07, 6.45) is -2.82. The SMILES string of the molecule is C=CCNc1nnc(C)c2ccc(C(=O)Nc3cccc(C(F)(F)F)c3)cc12. The van der Waals surface area contributed by atoms with Gasteiger partial charge < -0.3 is 10.6 Å². The number of benzene rings is 2. The van der Waals surface area contributed by atoms with E-state index in [1.165, 1.54) is 12.1 Å². The van der Waals surface area contributed by atoms with E-state index in [4.69, 9.17) is 0 Å². The highest BCUT2D eigenvalue weighted by Gasteiger charge is 2.30. The third kappa shape index (κ3) is 4.11. The molecular weight excluding hydrogens is 369 g/mol. The number of hydrogen-bond donors (Lipinski definition) is 2. The lowest BCUT2D eigenvalue weighted by molar-refractivity contribution is -0.137. The van der Waals surface area contributed by atoms with Gasteiger partial charge in [0.05, 0.1) is 11.3 Å². The van der Waals surface area contributed by atoms with Crippen LogP contribution in [0.4, 0.5) is 24.7 Å². The lowest BCUT2D eigenvalue weighted by atomic mass is 10.1. The average molecular weight is 386 g/mol. The summed E-state index contributed by atoms with van der Waals surface area (Å²) in [6.45, 7) is 5.90. The molecule has 0 aliphatic rings. The molecule has 0 aliphatic heterocycles. The normalized spacial score (nSPS) is 11.3. The second kappa shape index (κ2) is 7.67. The van der Waals surface area contributed by atoms with E-state index in [2.05, 4.69) is 27.4 Å². The summed E-state index contributed by atoms with van der Waals surface area (Å²) in [4.78, 5) is 12.6. The van der Waals surface area contributed by atoms with Gasteiger partial charge in [0, 0.05) is 28.6 Å². The monoisotopic (exact) mass is 386 g/mol. The van der Waals surface area contributed by atoms with Crippen LogP contribution in [0.25, 0.3) is 10.8 Å². The van der Waals surface area contributed by atoms with Crippen LogP contribution in [0.15, 0.2) is 55.1 Å². The maximum absolute atomic E-state index is 12.8. The third-order valence-corrected chi connectivity index (χ3v) is 4.09. The molecule has 28 heavy (non-hydrogen) atoms. The van der Waals surface area contributed by atoms with Crippen molar-refractivity contribution < 1.29 is 18.0 Å². The summed E-state index contributed by atoms with van der Waals surface area (Å²) in [5.41, 5.74) is 0.225. The van der Waals surface area contributed by atoms with Crippen molar-refractivity contribution in [1.82, 2.24) is 10.2 Å². The highest BCUT2D eigenvalue weighted by Crippen LogP contribution is 2.31. The number of hydrogen-bond acceptors (Lipinski definition) is 4. The molecule has 1 amide bonds. The van der Waals surface area contributed by atoms with Crippen molar-refractivity contribution in [1.29, 1.82) is 0 Å². The van der Waals surface area contributed by atoms with Crippen molar-refractivity contribution in [2.45, 2.75) is 13.1 Å². The molecule has 144 valence electrons. The number of nitrogens with zero attached hydrogens (tertiary/aromatic N) is 2. The second-order valence-electron chi connectivity index (χ2n) is 6.10.